The van der Waals surface area contributed by atoms with Crippen LogP contribution in [0, 0.1) is 11.3 Å². The Morgan fingerprint density at radius 2 is 1.67 bits per heavy atom. The summed E-state index contributed by atoms with van der Waals surface area (Å²) >= 11 is 0. The van der Waals surface area contributed by atoms with E-state index in [2.05, 4.69) is 21.2 Å². The smallest absolute Gasteiger partial charge is 0.237 e. The summed E-state index contributed by atoms with van der Waals surface area (Å²) < 4.78 is 0. The number of amides is 1. The van der Waals surface area contributed by atoms with Gasteiger partial charge < -0.3 is 5.32 Å². The standard InChI is InChI=1S/C16H28N4O/c1-13(12-17)19-8-10-20(11-9-19)14(2)16(21)18-15-6-4-3-5-7-15/h13-15H,3-11H2,1-2H3,(H,18,21). The Balaban J connectivity index is 1.77. The van der Waals surface area contributed by atoms with Gasteiger partial charge in [-0.1, -0.05) is 19.3 Å². The summed E-state index contributed by atoms with van der Waals surface area (Å²) in [6.45, 7) is 7.42. The fourth-order valence-electron chi connectivity index (χ4n) is 3.33. The summed E-state index contributed by atoms with van der Waals surface area (Å²) in [6, 6.07) is 2.57. The van der Waals surface area contributed by atoms with Crippen molar-refractivity contribution in [2.24, 2.45) is 0 Å². The molecule has 2 unspecified atom stereocenters. The highest BCUT2D eigenvalue weighted by Crippen LogP contribution is 2.18. The largest absolute Gasteiger partial charge is 0.352 e. The van der Waals surface area contributed by atoms with Crippen LogP contribution in [0.4, 0.5) is 0 Å². The van der Waals surface area contributed by atoms with Gasteiger partial charge in [0.1, 0.15) is 0 Å². The molecular weight excluding hydrogens is 264 g/mol. The lowest BCUT2D eigenvalue weighted by atomic mass is 9.95. The van der Waals surface area contributed by atoms with Crippen molar-refractivity contribution in [2.75, 3.05) is 26.2 Å². The summed E-state index contributed by atoms with van der Waals surface area (Å²) in [4.78, 5) is 16.8. The molecular formula is C16H28N4O. The van der Waals surface area contributed by atoms with E-state index in [1.54, 1.807) is 0 Å². The molecule has 0 aromatic heterocycles. The highest BCUT2D eigenvalue weighted by molar-refractivity contribution is 5.81. The van der Waals surface area contributed by atoms with Crippen molar-refractivity contribution in [3.8, 4) is 6.07 Å². The van der Waals surface area contributed by atoms with Crippen LogP contribution in [0.5, 0.6) is 0 Å². The van der Waals surface area contributed by atoms with Gasteiger partial charge in [0.2, 0.25) is 5.91 Å². The molecule has 5 heteroatoms. The molecule has 1 saturated heterocycles. The zero-order valence-corrected chi connectivity index (χ0v) is 13.3. The van der Waals surface area contributed by atoms with Gasteiger partial charge in [-0.05, 0) is 26.7 Å². The SMILES string of the molecule is CC(C#N)N1CCN(C(C)C(=O)NC2CCCCC2)CC1. The van der Waals surface area contributed by atoms with Gasteiger partial charge in [-0.15, -0.1) is 0 Å². The molecule has 21 heavy (non-hydrogen) atoms. The first-order chi connectivity index (χ1) is 10.1. The molecule has 1 N–H and O–H groups in total. The Hall–Kier alpha value is -1.12. The maximum atomic E-state index is 12.4. The minimum absolute atomic E-state index is 0.0291. The van der Waals surface area contributed by atoms with Crippen LogP contribution in [0.3, 0.4) is 0 Å². The lowest BCUT2D eigenvalue weighted by Gasteiger charge is -2.38. The highest BCUT2D eigenvalue weighted by atomic mass is 16.2. The van der Waals surface area contributed by atoms with Gasteiger partial charge in [0.05, 0.1) is 18.2 Å². The average molecular weight is 292 g/mol. The third-order valence-electron chi connectivity index (χ3n) is 4.96. The normalized spacial score (nSPS) is 25.0. The number of carbonyl (C=O) groups is 1. The predicted octanol–water partition coefficient (Wildman–Crippen LogP) is 1.35. The molecule has 2 aliphatic rings. The van der Waals surface area contributed by atoms with E-state index in [4.69, 9.17) is 5.26 Å². The van der Waals surface area contributed by atoms with Crippen molar-refractivity contribution in [3.63, 3.8) is 0 Å². The van der Waals surface area contributed by atoms with Crippen LogP contribution in [0.2, 0.25) is 0 Å². The molecule has 0 bridgehead atoms. The number of hydrogen-bond donors (Lipinski definition) is 1. The van der Waals surface area contributed by atoms with Crippen LogP contribution < -0.4 is 5.32 Å². The molecule has 0 radical (unpaired) electrons. The maximum absolute atomic E-state index is 12.4. The Morgan fingerprint density at radius 3 is 2.24 bits per heavy atom. The topological polar surface area (TPSA) is 59.4 Å². The summed E-state index contributed by atoms with van der Waals surface area (Å²) in [6.07, 6.45) is 6.05. The Labute approximate surface area is 128 Å². The maximum Gasteiger partial charge on any atom is 0.237 e. The molecule has 1 aliphatic carbocycles. The molecule has 5 nitrogen and oxygen atoms in total. The van der Waals surface area contributed by atoms with Gasteiger partial charge in [0, 0.05) is 32.2 Å². The van der Waals surface area contributed by atoms with E-state index in [9.17, 15) is 4.79 Å². The molecule has 0 spiro atoms. The number of nitrogens with zero attached hydrogens (tertiary/aromatic N) is 3. The Morgan fingerprint density at radius 1 is 1.10 bits per heavy atom. The number of rotatable bonds is 4. The van der Waals surface area contributed by atoms with Crippen LogP contribution in [-0.4, -0.2) is 60.0 Å². The third-order valence-corrected chi connectivity index (χ3v) is 4.96. The lowest BCUT2D eigenvalue weighted by molar-refractivity contribution is -0.127. The van der Waals surface area contributed by atoms with Crippen molar-refractivity contribution < 1.29 is 4.79 Å². The van der Waals surface area contributed by atoms with Gasteiger partial charge in [-0.25, -0.2) is 0 Å². The van der Waals surface area contributed by atoms with E-state index in [0.717, 1.165) is 39.0 Å². The highest BCUT2D eigenvalue weighted by Gasteiger charge is 2.28. The third kappa shape index (κ3) is 4.42. The van der Waals surface area contributed by atoms with Crippen molar-refractivity contribution in [1.82, 2.24) is 15.1 Å². The van der Waals surface area contributed by atoms with E-state index in [1.807, 2.05) is 13.8 Å². The predicted molar refractivity (Wildman–Crippen MR) is 82.7 cm³/mol. The molecule has 1 saturated carbocycles. The lowest BCUT2D eigenvalue weighted by Crippen LogP contribution is -2.56. The van der Waals surface area contributed by atoms with Gasteiger partial charge in [0.15, 0.2) is 0 Å². The van der Waals surface area contributed by atoms with Crippen LogP contribution in [0.15, 0.2) is 0 Å². The van der Waals surface area contributed by atoms with Crippen molar-refractivity contribution >= 4 is 5.91 Å². The fourth-order valence-corrected chi connectivity index (χ4v) is 3.33. The quantitative estimate of drug-likeness (QED) is 0.850. The molecule has 1 amide bonds. The van der Waals surface area contributed by atoms with Crippen molar-refractivity contribution in [1.29, 1.82) is 5.26 Å². The molecule has 2 fully saturated rings. The van der Waals surface area contributed by atoms with Crippen LogP contribution >= 0.6 is 0 Å². The van der Waals surface area contributed by atoms with Gasteiger partial charge >= 0.3 is 0 Å². The van der Waals surface area contributed by atoms with Gasteiger partial charge in [0.25, 0.3) is 0 Å². The van der Waals surface area contributed by atoms with Gasteiger partial charge in [-0.2, -0.15) is 5.26 Å². The molecule has 1 heterocycles. The molecule has 2 atom stereocenters. The number of nitriles is 1. The average Bonchev–Trinajstić information content (AvgIpc) is 2.54. The monoisotopic (exact) mass is 292 g/mol. The molecule has 2 rings (SSSR count). The van der Waals surface area contributed by atoms with Crippen molar-refractivity contribution in [3.05, 3.63) is 0 Å². The van der Waals surface area contributed by atoms with Crippen LogP contribution in [0.1, 0.15) is 46.0 Å². The first kappa shape index (κ1) is 16.3. The molecule has 1 aliphatic heterocycles. The summed E-state index contributed by atoms with van der Waals surface area (Å²) in [5.74, 6) is 0.170. The fraction of sp³-hybridized carbons (Fsp3) is 0.875. The molecule has 0 aromatic carbocycles. The first-order valence-electron chi connectivity index (χ1n) is 8.30. The second-order valence-electron chi connectivity index (χ2n) is 6.40. The van der Waals surface area contributed by atoms with E-state index in [0.29, 0.717) is 6.04 Å². The minimum Gasteiger partial charge on any atom is -0.352 e. The second kappa shape index (κ2) is 7.77. The number of nitrogens with one attached hydrogen (secondary N) is 1. The molecule has 0 aromatic rings. The number of hydrogen-bond acceptors (Lipinski definition) is 4. The Kier molecular flexibility index (Phi) is 6.01. The van der Waals surface area contributed by atoms with Crippen LogP contribution in [-0.2, 0) is 4.79 Å². The summed E-state index contributed by atoms with van der Waals surface area (Å²) in [5.41, 5.74) is 0. The zero-order chi connectivity index (χ0) is 15.2. The van der Waals surface area contributed by atoms with E-state index in [1.165, 1.54) is 19.3 Å². The summed E-state index contributed by atoms with van der Waals surface area (Å²) in [7, 11) is 0. The van der Waals surface area contributed by atoms with E-state index >= 15 is 0 Å². The summed E-state index contributed by atoms with van der Waals surface area (Å²) in [5, 5.41) is 12.2. The minimum atomic E-state index is -0.0635. The first-order valence-corrected chi connectivity index (χ1v) is 8.30. The zero-order valence-electron chi connectivity index (χ0n) is 13.3. The second-order valence-corrected chi connectivity index (χ2v) is 6.40. The van der Waals surface area contributed by atoms with E-state index in [-0.39, 0.29) is 18.0 Å². The van der Waals surface area contributed by atoms with Gasteiger partial charge in [-0.3, -0.25) is 14.6 Å². The molecule has 118 valence electrons. The Bertz CT molecular complexity index is 378. The van der Waals surface area contributed by atoms with Crippen molar-refractivity contribution in [2.45, 2.75) is 64.1 Å². The number of carbonyl (C=O) groups excluding carboxylic acids is 1. The van der Waals surface area contributed by atoms with Crippen LogP contribution in [0.25, 0.3) is 0 Å². The number of piperazine rings is 1. The van der Waals surface area contributed by atoms with E-state index < -0.39 is 0 Å².